The molecule has 1 aliphatic heterocycles. The molecule has 2 rings (SSSR count). The number of piperidine rings is 1. The molecule has 1 fully saturated rings. The molecule has 1 aromatic rings. The Morgan fingerprint density at radius 1 is 1.57 bits per heavy atom. The quantitative estimate of drug-likeness (QED) is 0.903. The van der Waals surface area contributed by atoms with Crippen molar-refractivity contribution in [3.05, 3.63) is 28.5 Å². The van der Waals surface area contributed by atoms with Crippen molar-refractivity contribution in [2.75, 3.05) is 6.54 Å². The van der Waals surface area contributed by atoms with Gasteiger partial charge in [0.25, 0.3) is 5.91 Å². The Morgan fingerprint density at radius 3 is 2.90 bits per heavy atom. The maximum Gasteiger partial charge on any atom is 0.263 e. The number of hydrogen-bond donors (Lipinski definition) is 1. The number of amides is 1. The van der Waals surface area contributed by atoms with E-state index in [4.69, 9.17) is 10.5 Å². The molecule has 0 radical (unpaired) electrons. The number of nitrogens with zero attached hydrogens (tertiary/aromatic N) is 1. The van der Waals surface area contributed by atoms with E-state index in [0.717, 1.165) is 12.8 Å². The number of benzene rings is 1. The van der Waals surface area contributed by atoms with E-state index in [1.165, 1.54) is 18.2 Å². The Bertz CT molecular complexity index is 526. The molecule has 1 heterocycles. The van der Waals surface area contributed by atoms with Crippen molar-refractivity contribution in [2.45, 2.75) is 44.9 Å². The van der Waals surface area contributed by atoms with Crippen molar-refractivity contribution in [2.24, 2.45) is 5.73 Å². The monoisotopic (exact) mass is 358 g/mol. The van der Waals surface area contributed by atoms with Gasteiger partial charge in [-0.2, -0.15) is 0 Å². The van der Waals surface area contributed by atoms with Crippen LogP contribution in [0.5, 0.6) is 5.75 Å². The van der Waals surface area contributed by atoms with E-state index in [1.54, 1.807) is 6.92 Å². The summed E-state index contributed by atoms with van der Waals surface area (Å²) in [5, 5.41) is 0. The summed E-state index contributed by atoms with van der Waals surface area (Å²) in [6.45, 7) is 4.36. The van der Waals surface area contributed by atoms with Crippen molar-refractivity contribution >= 4 is 21.8 Å². The lowest BCUT2D eigenvalue weighted by atomic mass is 9.98. The van der Waals surface area contributed by atoms with Gasteiger partial charge in [0.2, 0.25) is 0 Å². The zero-order chi connectivity index (χ0) is 15.6. The fraction of sp³-hybridized carbons (Fsp3) is 0.533. The largest absolute Gasteiger partial charge is 0.480 e. The summed E-state index contributed by atoms with van der Waals surface area (Å²) in [5.74, 6) is 0.0380. The van der Waals surface area contributed by atoms with Crippen LogP contribution in [-0.4, -0.2) is 35.5 Å². The summed E-state index contributed by atoms with van der Waals surface area (Å²) < 4.78 is 19.2. The summed E-state index contributed by atoms with van der Waals surface area (Å²) >= 11 is 3.23. The van der Waals surface area contributed by atoms with Gasteiger partial charge in [-0.05, 0) is 60.8 Å². The zero-order valence-electron chi connectivity index (χ0n) is 12.2. The standard InChI is InChI=1S/C15H20BrFN2O2/c1-9-7-12(18)5-6-19(9)15(20)10(2)21-14-4-3-11(17)8-13(14)16/h3-4,8-10,12H,5-7,18H2,1-2H3/t9-,10-,12-/m0/s1. The topological polar surface area (TPSA) is 55.6 Å². The van der Waals surface area contributed by atoms with Crippen LogP contribution in [0.1, 0.15) is 26.7 Å². The molecule has 1 aromatic carbocycles. The van der Waals surface area contributed by atoms with E-state index >= 15 is 0 Å². The molecule has 1 amide bonds. The van der Waals surface area contributed by atoms with Crippen LogP contribution in [0.4, 0.5) is 4.39 Å². The van der Waals surface area contributed by atoms with Crippen molar-refractivity contribution in [3.63, 3.8) is 0 Å². The maximum absolute atomic E-state index is 13.0. The highest BCUT2D eigenvalue weighted by Crippen LogP contribution is 2.27. The third-order valence-corrected chi connectivity index (χ3v) is 4.36. The molecule has 0 spiro atoms. The van der Waals surface area contributed by atoms with Crippen LogP contribution < -0.4 is 10.5 Å². The number of nitrogens with two attached hydrogens (primary N) is 1. The lowest BCUT2D eigenvalue weighted by molar-refractivity contribution is -0.141. The predicted molar refractivity (Wildman–Crippen MR) is 82.6 cm³/mol. The van der Waals surface area contributed by atoms with Gasteiger partial charge in [0, 0.05) is 18.6 Å². The van der Waals surface area contributed by atoms with Gasteiger partial charge in [0.15, 0.2) is 6.10 Å². The molecule has 0 unspecified atom stereocenters. The molecule has 21 heavy (non-hydrogen) atoms. The van der Waals surface area contributed by atoms with Crippen LogP contribution in [0.3, 0.4) is 0 Å². The van der Waals surface area contributed by atoms with Crippen LogP contribution in [0.25, 0.3) is 0 Å². The molecule has 0 bridgehead atoms. The molecule has 1 aliphatic rings. The number of hydrogen-bond acceptors (Lipinski definition) is 3. The Hall–Kier alpha value is -1.14. The van der Waals surface area contributed by atoms with Crippen LogP contribution in [0.15, 0.2) is 22.7 Å². The smallest absolute Gasteiger partial charge is 0.263 e. The van der Waals surface area contributed by atoms with Crippen LogP contribution in [-0.2, 0) is 4.79 Å². The summed E-state index contributed by atoms with van der Waals surface area (Å²) in [4.78, 5) is 14.3. The normalized spacial score (nSPS) is 23.8. The molecule has 6 heteroatoms. The Labute approximate surface area is 132 Å². The average Bonchev–Trinajstić information content (AvgIpc) is 2.41. The first-order chi connectivity index (χ1) is 9.88. The SMILES string of the molecule is C[C@H](Oc1ccc(F)cc1Br)C(=O)N1CC[C@H](N)C[C@@H]1C. The van der Waals surface area contributed by atoms with Crippen molar-refractivity contribution in [1.29, 1.82) is 0 Å². The highest BCUT2D eigenvalue weighted by atomic mass is 79.9. The lowest BCUT2D eigenvalue weighted by Gasteiger charge is -2.37. The Kier molecular flexibility index (Phi) is 5.22. The minimum absolute atomic E-state index is 0.0642. The second-order valence-corrected chi connectivity index (χ2v) is 6.35. The van der Waals surface area contributed by atoms with E-state index in [2.05, 4.69) is 15.9 Å². The van der Waals surface area contributed by atoms with Gasteiger partial charge in [-0.25, -0.2) is 4.39 Å². The van der Waals surface area contributed by atoms with Gasteiger partial charge in [0.05, 0.1) is 4.47 Å². The molecule has 0 saturated carbocycles. The lowest BCUT2D eigenvalue weighted by Crippen LogP contribution is -2.51. The Morgan fingerprint density at radius 2 is 2.29 bits per heavy atom. The van der Waals surface area contributed by atoms with Gasteiger partial charge in [-0.3, -0.25) is 4.79 Å². The number of carbonyl (C=O) groups is 1. The van der Waals surface area contributed by atoms with E-state index in [1.807, 2.05) is 11.8 Å². The van der Waals surface area contributed by atoms with Gasteiger partial charge in [-0.1, -0.05) is 0 Å². The number of rotatable bonds is 3. The molecular weight excluding hydrogens is 339 g/mol. The molecule has 0 aromatic heterocycles. The Balaban J connectivity index is 2.02. The first-order valence-electron chi connectivity index (χ1n) is 7.06. The molecule has 4 nitrogen and oxygen atoms in total. The van der Waals surface area contributed by atoms with Crippen molar-refractivity contribution in [1.82, 2.24) is 4.90 Å². The molecule has 2 N–H and O–H groups in total. The molecule has 1 saturated heterocycles. The molecule has 116 valence electrons. The van der Waals surface area contributed by atoms with Gasteiger partial charge >= 0.3 is 0 Å². The number of ether oxygens (including phenoxy) is 1. The van der Waals surface area contributed by atoms with Crippen LogP contribution >= 0.6 is 15.9 Å². The highest BCUT2D eigenvalue weighted by Gasteiger charge is 2.30. The minimum atomic E-state index is -0.622. The fourth-order valence-electron chi connectivity index (χ4n) is 2.58. The second kappa shape index (κ2) is 6.75. The van der Waals surface area contributed by atoms with Gasteiger partial charge in [-0.15, -0.1) is 0 Å². The summed E-state index contributed by atoms with van der Waals surface area (Å²) in [7, 11) is 0. The molecule has 3 atom stereocenters. The van der Waals surface area contributed by atoms with Crippen LogP contribution in [0, 0.1) is 5.82 Å². The molecule has 0 aliphatic carbocycles. The first kappa shape index (κ1) is 16.2. The maximum atomic E-state index is 13.0. The van der Waals surface area contributed by atoms with Crippen molar-refractivity contribution < 1.29 is 13.9 Å². The summed E-state index contributed by atoms with van der Waals surface area (Å²) in [6, 6.07) is 4.41. The summed E-state index contributed by atoms with van der Waals surface area (Å²) in [5.41, 5.74) is 5.91. The molecular formula is C15H20BrFN2O2. The van der Waals surface area contributed by atoms with E-state index < -0.39 is 6.10 Å². The van der Waals surface area contributed by atoms with E-state index in [-0.39, 0.29) is 23.8 Å². The van der Waals surface area contributed by atoms with Gasteiger partial charge < -0.3 is 15.4 Å². The number of halogens is 2. The highest BCUT2D eigenvalue weighted by molar-refractivity contribution is 9.10. The first-order valence-corrected chi connectivity index (χ1v) is 7.85. The average molecular weight is 359 g/mol. The van der Waals surface area contributed by atoms with Crippen molar-refractivity contribution in [3.8, 4) is 5.75 Å². The van der Waals surface area contributed by atoms with E-state index in [0.29, 0.717) is 16.8 Å². The van der Waals surface area contributed by atoms with Gasteiger partial charge in [0.1, 0.15) is 11.6 Å². The minimum Gasteiger partial charge on any atom is -0.480 e. The predicted octanol–water partition coefficient (Wildman–Crippen LogP) is 2.69. The number of likely N-dealkylation sites (tertiary alicyclic amines) is 1. The third kappa shape index (κ3) is 3.95. The number of carbonyl (C=O) groups excluding carboxylic acids is 1. The second-order valence-electron chi connectivity index (χ2n) is 5.50. The fourth-order valence-corrected chi connectivity index (χ4v) is 3.03. The van der Waals surface area contributed by atoms with Crippen LogP contribution in [0.2, 0.25) is 0 Å². The zero-order valence-corrected chi connectivity index (χ0v) is 13.8. The summed E-state index contributed by atoms with van der Waals surface area (Å²) in [6.07, 6.45) is 0.991. The van der Waals surface area contributed by atoms with E-state index in [9.17, 15) is 9.18 Å². The third-order valence-electron chi connectivity index (χ3n) is 3.75.